The first-order valence-electron chi connectivity index (χ1n) is 7.22. The van der Waals surface area contributed by atoms with Crippen LogP contribution in [-0.2, 0) is 13.2 Å². The molecule has 1 aromatic heterocycles. The van der Waals surface area contributed by atoms with Crippen molar-refractivity contribution in [2.24, 2.45) is 7.05 Å². The molecule has 0 radical (unpaired) electrons. The van der Waals surface area contributed by atoms with Crippen LogP contribution in [0.3, 0.4) is 0 Å². The highest BCUT2D eigenvalue weighted by Crippen LogP contribution is 2.41. The van der Waals surface area contributed by atoms with Crippen molar-refractivity contribution in [3.8, 4) is 5.88 Å². The Morgan fingerprint density at radius 2 is 1.92 bits per heavy atom. The normalized spacial score (nSPS) is 22.8. The van der Waals surface area contributed by atoms with Crippen LogP contribution < -0.4 is 4.74 Å². The molecule has 0 amide bonds. The highest BCUT2D eigenvalue weighted by atomic mass is 35.5. The summed E-state index contributed by atoms with van der Waals surface area (Å²) in [6.07, 6.45) is -5.92. The molecule has 1 fully saturated rings. The van der Waals surface area contributed by atoms with Crippen LogP contribution >= 0.6 is 11.6 Å². The summed E-state index contributed by atoms with van der Waals surface area (Å²) in [5.74, 6) is -0.380. The average Bonchev–Trinajstić information content (AvgIpc) is 2.90. The Hall–Kier alpha value is -1.55. The molecule has 2 atom stereocenters. The first-order chi connectivity index (χ1) is 10.8. The van der Waals surface area contributed by atoms with Gasteiger partial charge in [0.15, 0.2) is 11.9 Å². The van der Waals surface area contributed by atoms with Crippen molar-refractivity contribution in [3.05, 3.63) is 20.8 Å². The first kappa shape index (κ1) is 18.8. The van der Waals surface area contributed by atoms with Crippen LogP contribution in [-0.4, -0.2) is 37.5 Å². The Morgan fingerprint density at radius 1 is 1.33 bits per heavy atom. The van der Waals surface area contributed by atoms with Gasteiger partial charge in [0.25, 0.3) is 12.0 Å². The highest BCUT2D eigenvalue weighted by molar-refractivity contribution is 6.32. The van der Waals surface area contributed by atoms with Gasteiger partial charge in [-0.15, -0.1) is 5.10 Å². The third-order valence-electron chi connectivity index (χ3n) is 3.80. The second-order valence-corrected chi connectivity index (χ2v) is 6.96. The van der Waals surface area contributed by atoms with Crippen molar-refractivity contribution in [3.63, 3.8) is 0 Å². The molecule has 0 N–H and O–H groups in total. The molecule has 1 saturated heterocycles. The minimum atomic E-state index is -4.68. The summed E-state index contributed by atoms with van der Waals surface area (Å²) in [5, 5.41) is 14.2. The Labute approximate surface area is 141 Å². The van der Waals surface area contributed by atoms with E-state index in [0.717, 1.165) is 7.05 Å². The van der Waals surface area contributed by atoms with Gasteiger partial charge in [0.05, 0.1) is 0 Å². The summed E-state index contributed by atoms with van der Waals surface area (Å²) >= 11 is 5.77. The molecule has 24 heavy (non-hydrogen) atoms. The minimum absolute atomic E-state index is 0.228. The molecular formula is C13H18ClF3N4O3. The fourth-order valence-corrected chi connectivity index (χ4v) is 3.26. The van der Waals surface area contributed by atoms with Gasteiger partial charge >= 0.3 is 6.18 Å². The van der Waals surface area contributed by atoms with Gasteiger partial charge in [-0.3, -0.25) is 14.8 Å². The zero-order valence-corrected chi connectivity index (χ0v) is 14.4. The van der Waals surface area contributed by atoms with E-state index < -0.39 is 39.7 Å². The molecule has 0 spiro atoms. The third kappa shape index (κ3) is 3.44. The molecular weight excluding hydrogens is 353 g/mol. The maximum atomic E-state index is 13.0. The maximum Gasteiger partial charge on any atom is 0.434 e. The second kappa shape index (κ2) is 6.07. The van der Waals surface area contributed by atoms with Crippen molar-refractivity contribution < 1.29 is 22.8 Å². The lowest BCUT2D eigenvalue weighted by Gasteiger charge is -2.36. The smallest absolute Gasteiger partial charge is 0.434 e. The maximum absolute atomic E-state index is 13.0. The van der Waals surface area contributed by atoms with E-state index in [1.807, 2.05) is 0 Å². The van der Waals surface area contributed by atoms with Crippen LogP contribution in [0.1, 0.15) is 39.3 Å². The molecule has 0 aromatic carbocycles. The van der Waals surface area contributed by atoms with E-state index in [-0.39, 0.29) is 18.7 Å². The lowest BCUT2D eigenvalue weighted by atomic mass is 10.1. The van der Waals surface area contributed by atoms with Crippen LogP contribution in [0.2, 0.25) is 5.02 Å². The lowest BCUT2D eigenvalue weighted by Crippen LogP contribution is -2.53. The Morgan fingerprint density at radius 3 is 2.33 bits per heavy atom. The summed E-state index contributed by atoms with van der Waals surface area (Å²) in [5.41, 5.74) is -1.74. The number of halogens is 4. The van der Waals surface area contributed by atoms with Gasteiger partial charge in [-0.05, 0) is 20.8 Å². The summed E-state index contributed by atoms with van der Waals surface area (Å²) < 4.78 is 45.0. The van der Waals surface area contributed by atoms with Crippen molar-refractivity contribution in [1.29, 1.82) is 0 Å². The standard InChI is InChI=1S/C13H18ClF3N4O3/c1-12(2,3)20-7(21(22)23)5-6-8(20)24-11-9(14)10(13(15,16)17)19(4)18-11/h7-8H,5-6H2,1-4H3. The molecule has 1 aliphatic rings. The largest absolute Gasteiger partial charge is 0.456 e. The number of aryl methyl sites for hydroxylation is 1. The third-order valence-corrected chi connectivity index (χ3v) is 4.14. The molecule has 136 valence electrons. The van der Waals surface area contributed by atoms with Crippen molar-refractivity contribution in [2.45, 2.75) is 57.7 Å². The van der Waals surface area contributed by atoms with E-state index in [0.29, 0.717) is 4.68 Å². The van der Waals surface area contributed by atoms with Crippen LogP contribution in [0.5, 0.6) is 5.88 Å². The highest BCUT2D eigenvalue weighted by Gasteiger charge is 2.49. The predicted molar refractivity (Wildman–Crippen MR) is 79.2 cm³/mol. The van der Waals surface area contributed by atoms with Gasteiger partial charge in [-0.2, -0.15) is 18.1 Å². The van der Waals surface area contributed by atoms with Crippen molar-refractivity contribution in [1.82, 2.24) is 14.7 Å². The van der Waals surface area contributed by atoms with E-state index >= 15 is 0 Å². The summed E-state index contributed by atoms with van der Waals surface area (Å²) in [4.78, 5) is 12.3. The molecule has 7 nitrogen and oxygen atoms in total. The topological polar surface area (TPSA) is 73.4 Å². The van der Waals surface area contributed by atoms with Crippen molar-refractivity contribution in [2.75, 3.05) is 0 Å². The number of hydrogen-bond donors (Lipinski definition) is 0. The number of ether oxygens (including phenoxy) is 1. The molecule has 2 rings (SSSR count). The number of alkyl halides is 3. The Kier molecular flexibility index (Phi) is 4.75. The molecule has 0 bridgehead atoms. The van der Waals surface area contributed by atoms with Gasteiger partial charge < -0.3 is 4.74 Å². The molecule has 2 unspecified atom stereocenters. The van der Waals surface area contributed by atoms with Crippen LogP contribution in [0.25, 0.3) is 0 Å². The van der Waals surface area contributed by atoms with Gasteiger partial charge in [0.2, 0.25) is 0 Å². The van der Waals surface area contributed by atoms with Crippen LogP contribution in [0, 0.1) is 10.1 Å². The fraction of sp³-hybridized carbons (Fsp3) is 0.769. The Balaban J connectivity index is 2.33. The zero-order valence-electron chi connectivity index (χ0n) is 13.6. The molecule has 11 heteroatoms. The fourth-order valence-electron chi connectivity index (χ4n) is 2.95. The number of rotatable bonds is 3. The van der Waals surface area contributed by atoms with E-state index in [9.17, 15) is 23.3 Å². The van der Waals surface area contributed by atoms with Gasteiger partial charge in [-0.1, -0.05) is 11.6 Å². The monoisotopic (exact) mass is 370 g/mol. The minimum Gasteiger partial charge on any atom is -0.456 e. The quantitative estimate of drug-likeness (QED) is 0.603. The van der Waals surface area contributed by atoms with E-state index in [1.54, 1.807) is 20.8 Å². The number of hydrogen-bond acceptors (Lipinski definition) is 5. The second-order valence-electron chi connectivity index (χ2n) is 6.58. The molecule has 0 saturated carbocycles. The van der Waals surface area contributed by atoms with Crippen LogP contribution in [0.4, 0.5) is 13.2 Å². The number of likely N-dealkylation sites (tertiary alicyclic amines) is 1. The first-order valence-corrected chi connectivity index (χ1v) is 7.60. The SMILES string of the molecule is Cn1nc(OC2CCC([N+](=O)[O-])N2C(C)(C)C)c(Cl)c1C(F)(F)F. The average molecular weight is 371 g/mol. The summed E-state index contributed by atoms with van der Waals surface area (Å²) in [6, 6.07) is 0. The van der Waals surface area contributed by atoms with E-state index in [1.165, 1.54) is 4.90 Å². The van der Waals surface area contributed by atoms with Gasteiger partial charge in [0, 0.05) is 30.4 Å². The van der Waals surface area contributed by atoms with E-state index in [2.05, 4.69) is 5.10 Å². The number of nitro groups is 1. The zero-order chi connectivity index (χ0) is 18.4. The van der Waals surface area contributed by atoms with Gasteiger partial charge in [0.1, 0.15) is 5.02 Å². The van der Waals surface area contributed by atoms with Crippen LogP contribution in [0.15, 0.2) is 0 Å². The Bertz CT molecular complexity index is 642. The lowest BCUT2D eigenvalue weighted by molar-refractivity contribution is -0.553. The van der Waals surface area contributed by atoms with E-state index in [4.69, 9.17) is 16.3 Å². The molecule has 2 heterocycles. The predicted octanol–water partition coefficient (Wildman–Crippen LogP) is 3.29. The summed E-state index contributed by atoms with van der Waals surface area (Å²) in [7, 11) is 1.11. The molecule has 0 aliphatic carbocycles. The van der Waals surface area contributed by atoms with Gasteiger partial charge in [-0.25, -0.2) is 0 Å². The molecule has 1 aromatic rings. The number of nitrogens with zero attached hydrogens (tertiary/aromatic N) is 4. The number of aromatic nitrogens is 2. The van der Waals surface area contributed by atoms with Crippen molar-refractivity contribution >= 4 is 11.6 Å². The summed E-state index contributed by atoms with van der Waals surface area (Å²) in [6.45, 7) is 5.31. The molecule has 1 aliphatic heterocycles.